The molecule has 322 valence electrons. The Labute approximate surface area is 392 Å². The van der Waals surface area contributed by atoms with Gasteiger partial charge in [-0.15, -0.1) is 0 Å². The van der Waals surface area contributed by atoms with Crippen LogP contribution in [0.3, 0.4) is 0 Å². The quantitative estimate of drug-likeness (QED) is 0.138. The highest BCUT2D eigenvalue weighted by Gasteiger charge is 2.28. The summed E-state index contributed by atoms with van der Waals surface area (Å²) in [5.74, 6) is 0.807. The minimum Gasteiger partial charge on any atom is -0.491 e. The third-order valence-corrected chi connectivity index (χ3v) is 16.1. The Bertz CT molecular complexity index is 4590. The number of hydrogen-bond donors (Lipinski definition) is 1. The van der Waals surface area contributed by atoms with E-state index in [1.165, 1.54) is 162 Å². The van der Waals surface area contributed by atoms with Gasteiger partial charge in [-0.05, 0) is 200 Å². The van der Waals surface area contributed by atoms with E-state index in [9.17, 15) is 5.11 Å². The van der Waals surface area contributed by atoms with E-state index in [2.05, 4.69) is 192 Å². The lowest BCUT2D eigenvalue weighted by molar-refractivity contribution is 0.203. The first-order chi connectivity index (χ1) is 33.2. The molecule has 68 heavy (non-hydrogen) atoms. The number of aliphatic hydroxyl groups is 1. The minimum absolute atomic E-state index is 0.0267. The van der Waals surface area contributed by atoms with Crippen LogP contribution in [0.1, 0.15) is 37.5 Å². The summed E-state index contributed by atoms with van der Waals surface area (Å²) in [6.45, 7) is 11.7. The van der Waals surface area contributed by atoms with Crippen molar-refractivity contribution in [1.29, 1.82) is 0 Å². The predicted octanol–water partition coefficient (Wildman–Crippen LogP) is 17.0. The van der Waals surface area contributed by atoms with Gasteiger partial charge in [0.1, 0.15) is 12.4 Å². The van der Waals surface area contributed by atoms with Crippen LogP contribution in [0.15, 0.2) is 158 Å². The minimum atomic E-state index is -0.0267. The van der Waals surface area contributed by atoms with Crippen LogP contribution in [0, 0.1) is 34.7 Å². The fraction of sp³-hybridized carbons (Fsp3) is 0.121. The van der Waals surface area contributed by atoms with Crippen LogP contribution in [0.4, 0.5) is 0 Å². The summed E-state index contributed by atoms with van der Waals surface area (Å²) in [5, 5.41) is 40.9. The zero-order chi connectivity index (χ0) is 45.5. The number of ether oxygens (including phenoxy) is 1. The molecule has 1 aliphatic carbocycles. The number of aliphatic hydroxyl groups excluding tert-OH is 1. The van der Waals surface area contributed by atoms with Gasteiger partial charge in [0.05, 0.1) is 6.61 Å². The van der Waals surface area contributed by atoms with E-state index in [0.717, 1.165) is 11.1 Å². The van der Waals surface area contributed by atoms with E-state index < -0.39 is 0 Å². The van der Waals surface area contributed by atoms with E-state index in [0.29, 0.717) is 0 Å². The fourth-order valence-electron chi connectivity index (χ4n) is 13.1. The summed E-state index contributed by atoms with van der Waals surface area (Å²) >= 11 is 0. The molecule has 0 amide bonds. The van der Waals surface area contributed by atoms with Crippen molar-refractivity contribution >= 4 is 108 Å². The van der Waals surface area contributed by atoms with Gasteiger partial charge < -0.3 is 9.84 Å². The van der Waals surface area contributed by atoms with E-state index >= 15 is 0 Å². The molecule has 14 aromatic rings. The predicted molar refractivity (Wildman–Crippen MR) is 288 cm³/mol. The maximum absolute atomic E-state index is 9.69. The van der Waals surface area contributed by atoms with Crippen molar-refractivity contribution in [2.24, 2.45) is 0 Å². The molecular weight excluding hydrogens is 825 g/mol. The molecule has 0 radical (unpaired) electrons. The number of fused-ring (bicyclic) bond motifs is 10. The maximum atomic E-state index is 9.69. The Kier molecular flexibility index (Phi) is 7.45. The van der Waals surface area contributed by atoms with Crippen molar-refractivity contribution in [3.63, 3.8) is 0 Å². The summed E-state index contributed by atoms with van der Waals surface area (Å²) in [4.78, 5) is 0. The van der Waals surface area contributed by atoms with E-state index in [-0.39, 0.29) is 18.6 Å². The van der Waals surface area contributed by atoms with Gasteiger partial charge in [-0.25, -0.2) is 0 Å². The van der Waals surface area contributed by atoms with Crippen molar-refractivity contribution in [2.75, 3.05) is 13.2 Å². The zero-order valence-electron chi connectivity index (χ0n) is 38.8. The van der Waals surface area contributed by atoms with Crippen molar-refractivity contribution in [2.45, 2.75) is 40.0 Å². The van der Waals surface area contributed by atoms with Crippen LogP contribution in [-0.4, -0.2) is 18.3 Å². The normalized spacial score (nSPS) is 13.0. The van der Waals surface area contributed by atoms with Gasteiger partial charge in [-0.2, -0.15) is 0 Å². The summed E-state index contributed by atoms with van der Waals surface area (Å²) in [6, 6.07) is 60.5. The second-order valence-electron chi connectivity index (χ2n) is 20.6. The first-order valence-electron chi connectivity index (χ1n) is 24.2. The van der Waals surface area contributed by atoms with E-state index in [1.807, 2.05) is 0 Å². The third-order valence-electron chi connectivity index (χ3n) is 16.1. The van der Waals surface area contributed by atoms with E-state index in [4.69, 9.17) is 4.74 Å². The van der Waals surface area contributed by atoms with E-state index in [1.54, 1.807) is 0 Å². The molecule has 0 spiro atoms. The van der Waals surface area contributed by atoms with Gasteiger partial charge in [0.2, 0.25) is 0 Å². The molecule has 1 N–H and O–H groups in total. The molecule has 0 saturated heterocycles. The van der Waals surface area contributed by atoms with Gasteiger partial charge in [-0.3, -0.25) is 0 Å². The lowest BCUT2D eigenvalue weighted by Crippen LogP contribution is -2.10. The second kappa shape index (κ2) is 13.2. The summed E-state index contributed by atoms with van der Waals surface area (Å²) in [6.07, 6.45) is 0. The first kappa shape index (κ1) is 38.3. The topological polar surface area (TPSA) is 29.5 Å². The van der Waals surface area contributed by atoms with Crippen LogP contribution in [0.25, 0.3) is 130 Å². The lowest BCUT2D eigenvalue weighted by atomic mass is 9.84. The third kappa shape index (κ3) is 4.76. The molecule has 0 unspecified atom stereocenters. The van der Waals surface area contributed by atoms with Gasteiger partial charge in [0.25, 0.3) is 0 Å². The van der Waals surface area contributed by atoms with Crippen molar-refractivity contribution in [3.05, 3.63) is 195 Å². The monoisotopic (exact) mass is 870 g/mol. The van der Waals surface area contributed by atoms with Crippen molar-refractivity contribution in [1.82, 2.24) is 0 Å². The summed E-state index contributed by atoms with van der Waals surface area (Å²) in [7, 11) is 0. The van der Waals surface area contributed by atoms with Crippen molar-refractivity contribution < 1.29 is 9.84 Å². The largest absolute Gasteiger partial charge is 0.491 e. The average Bonchev–Trinajstić information content (AvgIpc) is 3.98. The number of rotatable bonds is 5. The van der Waals surface area contributed by atoms with Crippen molar-refractivity contribution in [3.8, 4) is 28.0 Å². The maximum Gasteiger partial charge on any atom is 0.127 e. The highest BCUT2D eigenvalue weighted by atomic mass is 16.5. The van der Waals surface area contributed by atoms with Crippen LogP contribution in [-0.2, 0) is 5.41 Å². The molecule has 15 rings (SSSR count). The zero-order valence-corrected chi connectivity index (χ0v) is 38.8. The molecule has 0 aliphatic heterocycles. The van der Waals surface area contributed by atoms with Crippen LogP contribution in [0.2, 0.25) is 0 Å². The summed E-state index contributed by atoms with van der Waals surface area (Å²) in [5.41, 5.74) is 9.07. The fourth-order valence-corrected chi connectivity index (χ4v) is 13.1. The van der Waals surface area contributed by atoms with Gasteiger partial charge in [0.15, 0.2) is 0 Å². The second-order valence-corrected chi connectivity index (χ2v) is 20.6. The van der Waals surface area contributed by atoms with Crippen LogP contribution >= 0.6 is 0 Å². The molecular formula is C66H46O2. The molecule has 0 bridgehead atoms. The highest BCUT2D eigenvalue weighted by molar-refractivity contribution is 6.47. The molecule has 1 aliphatic rings. The molecule has 0 aromatic heterocycles. The van der Waals surface area contributed by atoms with Gasteiger partial charge >= 0.3 is 0 Å². The Balaban J connectivity index is 1.15. The SMILES string of the molecule is Cc1ccccc1-c1c2cc3c(cc2c(-c2ccccc2C)c2c4ccc5c6ccc7c8c(ccc(c9ccc(c12)c4c95)c86)=c1cc(C(C)(C)C)ccc1=7)c1ccc(OCCO)c2cccc3c21. The highest BCUT2D eigenvalue weighted by Crippen LogP contribution is 2.56. The lowest BCUT2D eigenvalue weighted by Gasteiger charge is -2.19. The molecule has 0 fully saturated rings. The average molecular weight is 871 g/mol. The number of benzene rings is 12. The smallest absolute Gasteiger partial charge is 0.127 e. The Morgan fingerprint density at radius 2 is 0.838 bits per heavy atom. The van der Waals surface area contributed by atoms with Crippen LogP contribution in [0.5, 0.6) is 5.75 Å². The Morgan fingerprint density at radius 1 is 0.368 bits per heavy atom. The summed E-state index contributed by atoms with van der Waals surface area (Å²) < 4.78 is 6.13. The molecule has 2 heteroatoms. The Morgan fingerprint density at radius 3 is 1.43 bits per heavy atom. The first-order valence-corrected chi connectivity index (χ1v) is 24.2. The number of aryl methyl sites for hydroxylation is 2. The number of hydrogen-bond acceptors (Lipinski definition) is 2. The molecule has 2 nitrogen and oxygen atoms in total. The molecule has 0 saturated carbocycles. The van der Waals surface area contributed by atoms with Gasteiger partial charge in [-0.1, -0.05) is 154 Å². The molecule has 14 aromatic carbocycles. The standard InChI is InChI=1S/C66H46O2/c1-34-11-6-8-13-37(34)58-54-32-52-40-15-10-16-48-56(68-30-29-67)28-27-46(57(40)48)53(52)33-55(54)59(38-14-9-7-12-35(38)2)65-50-25-23-44-42-20-19-41-39-18-17-36(66(3,4)5)31-51(39)47-22-21-43(61(42)60(41)47)45-24-26-49(64(58)65)63(50)62(44)45/h6-28,31-33,67H,29-30H2,1-5H3. The molecule has 0 heterocycles. The Hall–Kier alpha value is -7.78. The van der Waals surface area contributed by atoms with Gasteiger partial charge in [0, 0.05) is 10.8 Å². The molecule has 0 atom stereocenters. The van der Waals surface area contributed by atoms with Crippen LogP contribution < -0.4 is 4.74 Å².